The molecule has 1 aliphatic carbocycles. The zero-order valence-corrected chi connectivity index (χ0v) is 12.3. The average Bonchev–Trinajstić information content (AvgIpc) is 2.83. The Hall–Kier alpha value is -0.770. The molecule has 19 heavy (non-hydrogen) atoms. The van der Waals surface area contributed by atoms with Gasteiger partial charge in [-0.1, -0.05) is 32.6 Å². The number of nitrogens with two attached hydrogens (primary N) is 1. The quantitative estimate of drug-likeness (QED) is 0.467. The van der Waals surface area contributed by atoms with E-state index in [-0.39, 0.29) is 0 Å². The lowest BCUT2D eigenvalue weighted by Gasteiger charge is -2.26. The summed E-state index contributed by atoms with van der Waals surface area (Å²) < 4.78 is 5.56. The van der Waals surface area contributed by atoms with Crippen molar-refractivity contribution in [2.24, 2.45) is 16.1 Å². The number of ether oxygens (including phenoxy) is 1. The third kappa shape index (κ3) is 5.01. The first-order valence-corrected chi connectivity index (χ1v) is 7.83. The van der Waals surface area contributed by atoms with Crippen LogP contribution in [-0.2, 0) is 4.74 Å². The van der Waals surface area contributed by atoms with Crippen molar-refractivity contribution in [3.8, 4) is 0 Å². The van der Waals surface area contributed by atoms with Gasteiger partial charge >= 0.3 is 0 Å². The molecule has 1 unspecified atom stereocenters. The van der Waals surface area contributed by atoms with Crippen molar-refractivity contribution in [1.82, 2.24) is 5.32 Å². The molecule has 0 bridgehead atoms. The maximum Gasteiger partial charge on any atom is 0.188 e. The molecule has 0 aromatic heterocycles. The smallest absolute Gasteiger partial charge is 0.188 e. The fraction of sp³-hybridized carbons (Fsp3) is 0.933. The molecule has 3 N–H and O–H groups in total. The van der Waals surface area contributed by atoms with Crippen molar-refractivity contribution < 1.29 is 4.74 Å². The normalized spacial score (nSPS) is 28.1. The van der Waals surface area contributed by atoms with Crippen molar-refractivity contribution in [3.63, 3.8) is 0 Å². The molecule has 4 heteroatoms. The fourth-order valence-corrected chi connectivity index (χ4v) is 3.10. The Bertz CT molecular complexity index is 290. The lowest BCUT2D eigenvalue weighted by molar-refractivity contribution is 0.114. The minimum absolute atomic E-state index is 0.321. The van der Waals surface area contributed by atoms with Crippen LogP contribution in [0, 0.1) is 5.41 Å². The highest BCUT2D eigenvalue weighted by Crippen LogP contribution is 2.34. The zero-order valence-electron chi connectivity index (χ0n) is 12.3. The Balaban J connectivity index is 1.72. The first-order chi connectivity index (χ1) is 9.18. The summed E-state index contributed by atoms with van der Waals surface area (Å²) in [6.45, 7) is 4.90. The summed E-state index contributed by atoms with van der Waals surface area (Å²) in [4.78, 5) is 4.55. The molecule has 2 rings (SSSR count). The highest BCUT2D eigenvalue weighted by molar-refractivity contribution is 5.77. The highest BCUT2D eigenvalue weighted by Gasteiger charge is 2.25. The van der Waals surface area contributed by atoms with E-state index in [1.54, 1.807) is 0 Å². The molecule has 1 heterocycles. The monoisotopic (exact) mass is 267 g/mol. The molecular weight excluding hydrogens is 238 g/mol. The van der Waals surface area contributed by atoms with Gasteiger partial charge in [0.2, 0.25) is 0 Å². The van der Waals surface area contributed by atoms with E-state index < -0.39 is 0 Å². The summed E-state index contributed by atoms with van der Waals surface area (Å²) in [5.41, 5.74) is 6.30. The van der Waals surface area contributed by atoms with Gasteiger partial charge < -0.3 is 15.8 Å². The number of nitrogens with one attached hydrogen (secondary N) is 1. The summed E-state index contributed by atoms with van der Waals surface area (Å²) in [5, 5.41) is 3.20. The molecule has 0 radical (unpaired) electrons. The molecule has 0 spiro atoms. The summed E-state index contributed by atoms with van der Waals surface area (Å²) in [7, 11) is 0. The molecule has 1 saturated carbocycles. The Morgan fingerprint density at radius 3 is 2.63 bits per heavy atom. The Morgan fingerprint density at radius 1 is 1.26 bits per heavy atom. The topological polar surface area (TPSA) is 59.6 Å². The van der Waals surface area contributed by atoms with Crippen molar-refractivity contribution in [3.05, 3.63) is 0 Å². The van der Waals surface area contributed by atoms with E-state index >= 15 is 0 Å². The van der Waals surface area contributed by atoms with Crippen LogP contribution in [0.5, 0.6) is 0 Å². The summed E-state index contributed by atoms with van der Waals surface area (Å²) in [5.74, 6) is 0.584. The van der Waals surface area contributed by atoms with Crippen LogP contribution in [-0.4, -0.2) is 31.8 Å². The minimum Gasteiger partial charge on any atom is -0.376 e. The van der Waals surface area contributed by atoms with Gasteiger partial charge in [0.25, 0.3) is 0 Å². The van der Waals surface area contributed by atoms with Gasteiger partial charge in [0.15, 0.2) is 5.96 Å². The molecule has 1 aliphatic heterocycles. The maximum atomic E-state index is 5.95. The van der Waals surface area contributed by atoms with E-state index in [0.717, 1.165) is 26.1 Å². The summed E-state index contributed by atoms with van der Waals surface area (Å²) in [6, 6.07) is 0. The molecule has 1 atom stereocenters. The number of hydrogen-bond donors (Lipinski definition) is 2. The van der Waals surface area contributed by atoms with Crippen LogP contribution in [0.4, 0.5) is 0 Å². The van der Waals surface area contributed by atoms with Crippen molar-refractivity contribution >= 4 is 5.96 Å². The van der Waals surface area contributed by atoms with E-state index in [2.05, 4.69) is 17.2 Å². The van der Waals surface area contributed by atoms with Gasteiger partial charge in [-0.3, -0.25) is 4.99 Å². The zero-order chi connectivity index (χ0) is 13.6. The molecule has 0 amide bonds. The van der Waals surface area contributed by atoms with Gasteiger partial charge in [-0.2, -0.15) is 0 Å². The average molecular weight is 267 g/mol. The fourth-order valence-electron chi connectivity index (χ4n) is 3.10. The standard InChI is InChI=1S/C15H29N3O/c1-15(8-4-2-3-5-9-15)12-18-14(16)17-11-13-7-6-10-19-13/h13H,2-12H2,1H3,(H3,16,17,18). The van der Waals surface area contributed by atoms with Crippen molar-refractivity contribution in [2.45, 2.75) is 64.4 Å². The largest absolute Gasteiger partial charge is 0.376 e. The second kappa shape index (κ2) is 7.13. The van der Waals surface area contributed by atoms with E-state index in [9.17, 15) is 0 Å². The third-order valence-corrected chi connectivity index (χ3v) is 4.48. The van der Waals surface area contributed by atoms with Gasteiger partial charge in [-0.25, -0.2) is 0 Å². The van der Waals surface area contributed by atoms with Crippen LogP contribution in [0.25, 0.3) is 0 Å². The van der Waals surface area contributed by atoms with Crippen molar-refractivity contribution in [2.75, 3.05) is 19.7 Å². The van der Waals surface area contributed by atoms with Crippen LogP contribution >= 0.6 is 0 Å². The highest BCUT2D eigenvalue weighted by atomic mass is 16.5. The van der Waals surface area contributed by atoms with Crippen LogP contribution in [0.1, 0.15) is 58.3 Å². The molecule has 2 aliphatic rings. The summed E-state index contributed by atoms with van der Waals surface area (Å²) >= 11 is 0. The molecule has 1 saturated heterocycles. The molecular formula is C15H29N3O. The Morgan fingerprint density at radius 2 is 2.00 bits per heavy atom. The predicted octanol–water partition coefficient (Wildman–Crippen LogP) is 2.43. The Kier molecular flexibility index (Phi) is 5.49. The van der Waals surface area contributed by atoms with Crippen LogP contribution in [0.3, 0.4) is 0 Å². The number of rotatable bonds is 4. The number of hydrogen-bond acceptors (Lipinski definition) is 2. The van der Waals surface area contributed by atoms with Gasteiger partial charge in [-0.15, -0.1) is 0 Å². The van der Waals surface area contributed by atoms with Crippen LogP contribution < -0.4 is 11.1 Å². The maximum absolute atomic E-state index is 5.95. The summed E-state index contributed by atoms with van der Waals surface area (Å²) in [6.07, 6.45) is 10.6. The molecule has 2 fully saturated rings. The van der Waals surface area contributed by atoms with E-state index in [0.29, 0.717) is 17.5 Å². The molecule has 0 aromatic rings. The molecule has 4 nitrogen and oxygen atoms in total. The number of aliphatic imine (C=N–C) groups is 1. The first kappa shape index (κ1) is 14.6. The lowest BCUT2D eigenvalue weighted by Crippen LogP contribution is -2.38. The number of guanidine groups is 1. The van der Waals surface area contributed by atoms with Gasteiger partial charge in [0.05, 0.1) is 6.10 Å². The lowest BCUT2D eigenvalue weighted by atomic mass is 9.83. The van der Waals surface area contributed by atoms with Gasteiger partial charge in [0.1, 0.15) is 0 Å². The van der Waals surface area contributed by atoms with E-state index in [4.69, 9.17) is 10.5 Å². The van der Waals surface area contributed by atoms with E-state index in [1.807, 2.05) is 0 Å². The second-order valence-corrected chi connectivity index (χ2v) is 6.44. The SMILES string of the molecule is CC1(CN=C(N)NCC2CCCO2)CCCCCC1. The predicted molar refractivity (Wildman–Crippen MR) is 79.3 cm³/mol. The van der Waals surface area contributed by atoms with Crippen LogP contribution in [0.2, 0.25) is 0 Å². The molecule has 110 valence electrons. The Labute approximate surface area is 117 Å². The first-order valence-electron chi connectivity index (χ1n) is 7.83. The third-order valence-electron chi connectivity index (χ3n) is 4.48. The molecule has 0 aromatic carbocycles. The van der Waals surface area contributed by atoms with Crippen LogP contribution in [0.15, 0.2) is 4.99 Å². The van der Waals surface area contributed by atoms with Gasteiger partial charge in [0, 0.05) is 19.7 Å². The second-order valence-electron chi connectivity index (χ2n) is 6.44. The van der Waals surface area contributed by atoms with Crippen molar-refractivity contribution in [1.29, 1.82) is 0 Å². The number of nitrogens with zero attached hydrogens (tertiary/aromatic N) is 1. The van der Waals surface area contributed by atoms with E-state index in [1.165, 1.54) is 44.9 Å². The van der Waals surface area contributed by atoms with Gasteiger partial charge in [-0.05, 0) is 31.1 Å². The minimum atomic E-state index is 0.321.